The molecule has 0 bridgehead atoms. The third-order valence-corrected chi connectivity index (χ3v) is 4.98. The van der Waals surface area contributed by atoms with Gasteiger partial charge in [0.2, 0.25) is 5.82 Å². The number of carbonyl (C=O) groups is 1. The third-order valence-electron chi connectivity index (χ3n) is 4.57. The van der Waals surface area contributed by atoms with Gasteiger partial charge in [-0.05, 0) is 42.8 Å². The van der Waals surface area contributed by atoms with Crippen molar-refractivity contribution in [1.29, 1.82) is 0 Å². The van der Waals surface area contributed by atoms with Crippen LogP contribution in [0.25, 0.3) is 10.9 Å². The molecule has 0 saturated carbocycles. The van der Waals surface area contributed by atoms with E-state index in [9.17, 15) is 4.79 Å². The number of amides is 1. The number of hydrogen-bond donors (Lipinski definition) is 2. The Morgan fingerprint density at radius 2 is 1.73 bits per heavy atom. The molecule has 2 N–H and O–H groups in total. The zero-order valence-corrected chi connectivity index (χ0v) is 17.2. The molecule has 4 rings (SSSR count). The van der Waals surface area contributed by atoms with E-state index < -0.39 is 5.91 Å². The van der Waals surface area contributed by atoms with E-state index in [0.717, 1.165) is 16.6 Å². The number of methoxy groups -OCH3 is 1. The van der Waals surface area contributed by atoms with Crippen LogP contribution in [0.4, 0.5) is 17.2 Å². The van der Waals surface area contributed by atoms with Gasteiger partial charge in [-0.3, -0.25) is 4.79 Å². The van der Waals surface area contributed by atoms with Crippen LogP contribution in [0.15, 0.2) is 66.7 Å². The summed E-state index contributed by atoms with van der Waals surface area (Å²) >= 11 is 6.16. The number of ether oxygens (including phenoxy) is 1. The fourth-order valence-corrected chi connectivity index (χ4v) is 3.19. The molecule has 4 aromatic rings. The lowest BCUT2D eigenvalue weighted by molar-refractivity contribution is 0.101. The number of nitrogens with zero attached hydrogens (tertiary/aromatic N) is 2. The summed E-state index contributed by atoms with van der Waals surface area (Å²) in [7, 11) is 1.52. The highest BCUT2D eigenvalue weighted by Crippen LogP contribution is 2.31. The van der Waals surface area contributed by atoms with Crippen molar-refractivity contribution >= 4 is 45.6 Å². The zero-order valence-electron chi connectivity index (χ0n) is 16.4. The molecule has 0 spiro atoms. The number of halogens is 1. The van der Waals surface area contributed by atoms with Gasteiger partial charge in [0.1, 0.15) is 11.6 Å². The van der Waals surface area contributed by atoms with Crippen LogP contribution < -0.4 is 15.4 Å². The van der Waals surface area contributed by atoms with Gasteiger partial charge in [0.25, 0.3) is 5.91 Å². The summed E-state index contributed by atoms with van der Waals surface area (Å²) in [5.41, 5.74) is 2.84. The van der Waals surface area contributed by atoms with Crippen molar-refractivity contribution in [3.8, 4) is 5.75 Å². The first kappa shape index (κ1) is 19.7. The highest BCUT2D eigenvalue weighted by Gasteiger charge is 2.17. The van der Waals surface area contributed by atoms with E-state index in [-0.39, 0.29) is 5.82 Å². The largest absolute Gasteiger partial charge is 0.495 e. The number of hydrogen-bond acceptors (Lipinski definition) is 5. The number of rotatable bonds is 5. The molecule has 0 atom stereocenters. The standard InChI is InChI=1S/C23H19ClN4O2/c1-14-12-19(20(30-2)13-17(14)24)27-23(29)22-26-18-11-7-6-10-16(18)21(28-22)25-15-8-4-3-5-9-15/h3-13H,1-2H3,(H,27,29)(H,25,26,28). The molecule has 0 unspecified atom stereocenters. The minimum atomic E-state index is -0.447. The van der Waals surface area contributed by atoms with Gasteiger partial charge in [-0.1, -0.05) is 41.9 Å². The quantitative estimate of drug-likeness (QED) is 0.441. The average molecular weight is 419 g/mol. The Hall–Kier alpha value is -3.64. The van der Waals surface area contributed by atoms with E-state index in [1.54, 1.807) is 12.1 Å². The second kappa shape index (κ2) is 8.39. The maximum atomic E-state index is 13.0. The molecule has 150 valence electrons. The van der Waals surface area contributed by atoms with E-state index in [0.29, 0.717) is 27.8 Å². The molecule has 0 aliphatic carbocycles. The van der Waals surface area contributed by atoms with Gasteiger partial charge < -0.3 is 15.4 Å². The number of carbonyl (C=O) groups excluding carboxylic acids is 1. The minimum Gasteiger partial charge on any atom is -0.495 e. The highest BCUT2D eigenvalue weighted by atomic mass is 35.5. The second-order valence-corrected chi connectivity index (χ2v) is 7.07. The monoisotopic (exact) mass is 418 g/mol. The molecule has 0 aliphatic rings. The van der Waals surface area contributed by atoms with E-state index >= 15 is 0 Å². The van der Waals surface area contributed by atoms with Crippen molar-refractivity contribution in [1.82, 2.24) is 9.97 Å². The van der Waals surface area contributed by atoms with E-state index in [1.807, 2.05) is 61.5 Å². The van der Waals surface area contributed by atoms with Crippen molar-refractivity contribution in [3.05, 3.63) is 83.1 Å². The Morgan fingerprint density at radius 3 is 2.50 bits per heavy atom. The van der Waals surface area contributed by atoms with Crippen LogP contribution in [0, 0.1) is 6.92 Å². The third kappa shape index (κ3) is 4.04. The maximum Gasteiger partial charge on any atom is 0.293 e. The van der Waals surface area contributed by atoms with E-state index in [2.05, 4.69) is 20.6 Å². The van der Waals surface area contributed by atoms with Crippen LogP contribution in [0.1, 0.15) is 16.2 Å². The van der Waals surface area contributed by atoms with Crippen molar-refractivity contribution < 1.29 is 9.53 Å². The molecular weight excluding hydrogens is 400 g/mol. The van der Waals surface area contributed by atoms with Crippen LogP contribution in [0.5, 0.6) is 5.75 Å². The van der Waals surface area contributed by atoms with Crippen LogP contribution in [0.2, 0.25) is 5.02 Å². The van der Waals surface area contributed by atoms with Crippen LogP contribution in [-0.4, -0.2) is 23.0 Å². The molecular formula is C23H19ClN4O2. The summed E-state index contributed by atoms with van der Waals surface area (Å²) in [6.45, 7) is 1.85. The molecule has 3 aromatic carbocycles. The molecule has 0 radical (unpaired) electrons. The molecule has 1 amide bonds. The lowest BCUT2D eigenvalue weighted by Crippen LogP contribution is -2.17. The van der Waals surface area contributed by atoms with E-state index in [1.165, 1.54) is 7.11 Å². The molecule has 1 aromatic heterocycles. The molecule has 0 fully saturated rings. The summed E-state index contributed by atoms with van der Waals surface area (Å²) in [6, 6.07) is 20.6. The zero-order chi connectivity index (χ0) is 21.1. The average Bonchev–Trinajstić information content (AvgIpc) is 2.76. The highest BCUT2D eigenvalue weighted by molar-refractivity contribution is 6.31. The summed E-state index contributed by atoms with van der Waals surface area (Å²) in [5.74, 6) is 0.609. The Balaban J connectivity index is 1.72. The maximum absolute atomic E-state index is 13.0. The molecule has 0 saturated heterocycles. The van der Waals surface area contributed by atoms with Gasteiger partial charge in [-0.2, -0.15) is 0 Å². The minimum absolute atomic E-state index is 0.0433. The first-order valence-corrected chi connectivity index (χ1v) is 9.67. The lowest BCUT2D eigenvalue weighted by Gasteiger charge is -2.13. The summed E-state index contributed by atoms with van der Waals surface area (Å²) in [5, 5.41) is 7.47. The second-order valence-electron chi connectivity index (χ2n) is 6.66. The van der Waals surface area contributed by atoms with Crippen LogP contribution in [0.3, 0.4) is 0 Å². The van der Waals surface area contributed by atoms with Crippen molar-refractivity contribution in [2.45, 2.75) is 6.92 Å². The van der Waals surface area contributed by atoms with Crippen molar-refractivity contribution in [3.63, 3.8) is 0 Å². The predicted octanol–water partition coefficient (Wildman–Crippen LogP) is 5.60. The molecule has 30 heavy (non-hydrogen) atoms. The smallest absolute Gasteiger partial charge is 0.293 e. The number of aryl methyl sites for hydroxylation is 1. The Kier molecular flexibility index (Phi) is 5.50. The van der Waals surface area contributed by atoms with Gasteiger partial charge in [0.15, 0.2) is 0 Å². The topological polar surface area (TPSA) is 76.1 Å². The first-order valence-electron chi connectivity index (χ1n) is 9.29. The molecule has 7 heteroatoms. The summed E-state index contributed by atoms with van der Waals surface area (Å²) in [4.78, 5) is 21.9. The van der Waals surface area contributed by atoms with Gasteiger partial charge in [0.05, 0.1) is 18.3 Å². The fourth-order valence-electron chi connectivity index (χ4n) is 3.04. The Labute approximate surface area is 178 Å². The van der Waals surface area contributed by atoms with Crippen molar-refractivity contribution in [2.75, 3.05) is 17.7 Å². The predicted molar refractivity (Wildman–Crippen MR) is 120 cm³/mol. The Morgan fingerprint density at radius 1 is 1.00 bits per heavy atom. The fraction of sp³-hybridized carbons (Fsp3) is 0.0870. The summed E-state index contributed by atoms with van der Waals surface area (Å²) in [6.07, 6.45) is 0. The number of benzene rings is 3. The molecule has 1 heterocycles. The van der Waals surface area contributed by atoms with Gasteiger partial charge in [-0.15, -0.1) is 0 Å². The summed E-state index contributed by atoms with van der Waals surface area (Å²) < 4.78 is 5.34. The molecule has 6 nitrogen and oxygen atoms in total. The SMILES string of the molecule is COc1cc(Cl)c(C)cc1NC(=O)c1nc(Nc2ccccc2)c2ccccc2n1. The normalized spacial score (nSPS) is 10.6. The van der Waals surface area contributed by atoms with Gasteiger partial charge >= 0.3 is 0 Å². The van der Waals surface area contributed by atoms with Crippen LogP contribution in [-0.2, 0) is 0 Å². The van der Waals surface area contributed by atoms with Gasteiger partial charge in [-0.25, -0.2) is 9.97 Å². The number of para-hydroxylation sites is 2. The van der Waals surface area contributed by atoms with Crippen molar-refractivity contribution in [2.24, 2.45) is 0 Å². The molecule has 0 aliphatic heterocycles. The van der Waals surface area contributed by atoms with E-state index in [4.69, 9.17) is 16.3 Å². The number of nitrogens with one attached hydrogen (secondary N) is 2. The lowest BCUT2D eigenvalue weighted by atomic mass is 10.2. The van der Waals surface area contributed by atoms with Crippen LogP contribution >= 0.6 is 11.6 Å². The number of fused-ring (bicyclic) bond motifs is 1. The first-order chi connectivity index (χ1) is 14.5. The van der Waals surface area contributed by atoms with Gasteiger partial charge in [0, 0.05) is 22.2 Å². The number of aromatic nitrogens is 2. The number of anilines is 3. The Bertz CT molecular complexity index is 1230.